The fraction of sp³-hybridized carbons (Fsp3) is 0.125. The lowest BCUT2D eigenvalue weighted by atomic mass is 10.2. The minimum absolute atomic E-state index is 0.0671. The number of aromatic hydroxyl groups is 1. The normalized spacial score (nSPS) is 10.1. The Bertz CT molecular complexity index is 451. The van der Waals surface area contributed by atoms with Gasteiger partial charge < -0.3 is 10.2 Å². The van der Waals surface area contributed by atoms with Crippen LogP contribution in [-0.4, -0.2) is 36.3 Å². The van der Waals surface area contributed by atoms with Crippen LogP contribution in [0.5, 0.6) is 5.75 Å². The van der Waals surface area contributed by atoms with Crippen molar-refractivity contribution in [3.05, 3.63) is 29.8 Å². The Hall–Kier alpha value is -1.64. The van der Waals surface area contributed by atoms with E-state index in [9.17, 15) is 13.2 Å². The third kappa shape index (κ3) is 5.96. The standard InChI is InChI=1S/C7H6O3.CH4O4S/c8-6-4-2-1-3-5(6)7(9)10;1-5-6(2,3)4/h1-4,8H,(H,9,10);1H3,(H,2,3,4). The third-order valence-electron chi connectivity index (χ3n) is 1.35. The SMILES string of the molecule is COS(=O)(=O)O.O=C(O)c1ccccc1O. The molecule has 0 aromatic heterocycles. The molecular weight excluding hydrogens is 240 g/mol. The maximum Gasteiger partial charge on any atom is 0.397 e. The first kappa shape index (κ1) is 14.4. The molecule has 0 spiro atoms. The van der Waals surface area contributed by atoms with Crippen LogP contribution in [0.25, 0.3) is 0 Å². The predicted molar refractivity (Wildman–Crippen MR) is 53.6 cm³/mol. The highest BCUT2D eigenvalue weighted by Gasteiger charge is 2.05. The Balaban J connectivity index is 0.000000325. The lowest BCUT2D eigenvalue weighted by Crippen LogP contribution is -1.96. The molecule has 0 atom stereocenters. The van der Waals surface area contributed by atoms with Gasteiger partial charge in [0.2, 0.25) is 0 Å². The number of carboxylic acids is 1. The van der Waals surface area contributed by atoms with E-state index in [1.165, 1.54) is 12.1 Å². The van der Waals surface area contributed by atoms with Gasteiger partial charge in [0, 0.05) is 0 Å². The predicted octanol–water partition coefficient (Wildman–Crippen LogP) is 0.526. The molecular formula is C8H10O7S. The largest absolute Gasteiger partial charge is 0.507 e. The minimum atomic E-state index is -4.16. The number of carboxylic acid groups (broad SMARTS) is 1. The van der Waals surface area contributed by atoms with Gasteiger partial charge >= 0.3 is 16.4 Å². The molecule has 1 aromatic carbocycles. The molecule has 0 aliphatic heterocycles. The van der Waals surface area contributed by atoms with Gasteiger partial charge in [0.15, 0.2) is 0 Å². The maximum atomic E-state index is 10.3. The zero-order valence-corrected chi connectivity index (χ0v) is 9.01. The first-order valence-corrected chi connectivity index (χ1v) is 5.18. The van der Waals surface area contributed by atoms with Gasteiger partial charge in [0.1, 0.15) is 11.3 Å². The lowest BCUT2D eigenvalue weighted by molar-refractivity contribution is 0.0693. The summed E-state index contributed by atoms with van der Waals surface area (Å²) in [5.41, 5.74) is -0.0671. The topological polar surface area (TPSA) is 121 Å². The van der Waals surface area contributed by atoms with Gasteiger partial charge in [-0.3, -0.25) is 8.74 Å². The summed E-state index contributed by atoms with van der Waals surface area (Å²) >= 11 is 0. The number of rotatable bonds is 2. The van der Waals surface area contributed by atoms with E-state index < -0.39 is 16.4 Å². The summed E-state index contributed by atoms with van der Waals surface area (Å²) in [4.78, 5) is 10.3. The van der Waals surface area contributed by atoms with Crippen LogP contribution in [0.1, 0.15) is 10.4 Å². The molecule has 0 saturated heterocycles. The van der Waals surface area contributed by atoms with Gasteiger partial charge in [-0.05, 0) is 12.1 Å². The van der Waals surface area contributed by atoms with Gasteiger partial charge in [0.05, 0.1) is 7.11 Å². The molecule has 0 radical (unpaired) electrons. The van der Waals surface area contributed by atoms with Gasteiger partial charge in [0.25, 0.3) is 0 Å². The van der Waals surface area contributed by atoms with Crippen molar-refractivity contribution in [2.75, 3.05) is 7.11 Å². The summed E-state index contributed by atoms with van der Waals surface area (Å²) < 4.78 is 29.7. The molecule has 0 fully saturated rings. The summed E-state index contributed by atoms with van der Waals surface area (Å²) in [7, 11) is -3.29. The van der Waals surface area contributed by atoms with Crippen LogP contribution in [0.3, 0.4) is 0 Å². The summed E-state index contributed by atoms with van der Waals surface area (Å²) in [6.45, 7) is 0. The Morgan fingerprint density at radius 3 is 2.00 bits per heavy atom. The van der Waals surface area contributed by atoms with E-state index in [2.05, 4.69) is 4.18 Å². The molecule has 8 heteroatoms. The van der Waals surface area contributed by atoms with Crippen LogP contribution < -0.4 is 0 Å². The summed E-state index contributed by atoms with van der Waals surface area (Å²) in [5.74, 6) is -1.31. The number of para-hydroxylation sites is 1. The van der Waals surface area contributed by atoms with Crippen LogP contribution in [0.4, 0.5) is 0 Å². The van der Waals surface area contributed by atoms with Crippen molar-refractivity contribution in [1.29, 1.82) is 0 Å². The van der Waals surface area contributed by atoms with E-state index in [-0.39, 0.29) is 11.3 Å². The summed E-state index contributed by atoms with van der Waals surface area (Å²) in [5, 5.41) is 17.3. The number of carbonyl (C=O) groups is 1. The van der Waals surface area contributed by atoms with Crippen molar-refractivity contribution in [2.45, 2.75) is 0 Å². The number of aromatic carboxylic acids is 1. The molecule has 7 nitrogen and oxygen atoms in total. The van der Waals surface area contributed by atoms with Crippen molar-refractivity contribution in [3.8, 4) is 5.75 Å². The Labute approximate surface area is 91.9 Å². The monoisotopic (exact) mass is 250 g/mol. The molecule has 90 valence electrons. The maximum absolute atomic E-state index is 10.3. The smallest absolute Gasteiger partial charge is 0.397 e. The quantitative estimate of drug-likeness (QED) is 0.654. The number of phenols is 1. The van der Waals surface area contributed by atoms with Crippen molar-refractivity contribution < 1.29 is 32.2 Å². The van der Waals surface area contributed by atoms with Gasteiger partial charge in [-0.25, -0.2) is 4.79 Å². The third-order valence-corrected chi connectivity index (χ3v) is 1.77. The second kappa shape index (κ2) is 6.05. The number of benzene rings is 1. The van der Waals surface area contributed by atoms with Crippen LogP contribution in [0.15, 0.2) is 24.3 Å². The molecule has 16 heavy (non-hydrogen) atoms. The minimum Gasteiger partial charge on any atom is -0.507 e. The molecule has 1 aromatic rings. The highest BCUT2D eigenvalue weighted by atomic mass is 32.3. The summed E-state index contributed by atoms with van der Waals surface area (Å²) in [6.07, 6.45) is 0. The molecule has 0 amide bonds. The first-order chi connectivity index (χ1) is 7.28. The molecule has 0 bridgehead atoms. The van der Waals surface area contributed by atoms with Crippen LogP contribution >= 0.6 is 0 Å². The molecule has 0 aliphatic carbocycles. The van der Waals surface area contributed by atoms with Crippen LogP contribution in [0, 0.1) is 0 Å². The van der Waals surface area contributed by atoms with Gasteiger partial charge in [-0.2, -0.15) is 8.42 Å². The van der Waals surface area contributed by atoms with Crippen molar-refractivity contribution in [3.63, 3.8) is 0 Å². The molecule has 0 unspecified atom stereocenters. The fourth-order valence-corrected chi connectivity index (χ4v) is 0.654. The molecule has 0 heterocycles. The zero-order chi connectivity index (χ0) is 12.8. The highest BCUT2D eigenvalue weighted by Crippen LogP contribution is 2.14. The van der Waals surface area contributed by atoms with Gasteiger partial charge in [-0.15, -0.1) is 0 Å². The van der Waals surface area contributed by atoms with Crippen molar-refractivity contribution in [1.82, 2.24) is 0 Å². The zero-order valence-electron chi connectivity index (χ0n) is 8.19. The molecule has 0 saturated carbocycles. The number of hydrogen-bond acceptors (Lipinski definition) is 5. The van der Waals surface area contributed by atoms with E-state index in [0.29, 0.717) is 0 Å². The molecule has 0 aliphatic rings. The summed E-state index contributed by atoms with van der Waals surface area (Å²) in [6, 6.07) is 5.81. The van der Waals surface area contributed by atoms with E-state index in [4.69, 9.17) is 14.8 Å². The van der Waals surface area contributed by atoms with E-state index in [1.54, 1.807) is 12.1 Å². The highest BCUT2D eigenvalue weighted by molar-refractivity contribution is 7.80. The average Bonchev–Trinajstić information content (AvgIpc) is 2.18. The van der Waals surface area contributed by atoms with E-state index in [1.807, 2.05) is 0 Å². The lowest BCUT2D eigenvalue weighted by Gasteiger charge is -1.95. The van der Waals surface area contributed by atoms with Crippen molar-refractivity contribution in [2.24, 2.45) is 0 Å². The Kier molecular flexibility index (Phi) is 5.43. The first-order valence-electron chi connectivity index (χ1n) is 3.82. The molecule has 1 rings (SSSR count). The fourth-order valence-electron chi connectivity index (χ4n) is 0.654. The second-order valence-electron chi connectivity index (χ2n) is 2.42. The van der Waals surface area contributed by atoms with E-state index >= 15 is 0 Å². The average molecular weight is 250 g/mol. The van der Waals surface area contributed by atoms with Crippen molar-refractivity contribution >= 4 is 16.4 Å². The number of hydrogen-bond donors (Lipinski definition) is 3. The van der Waals surface area contributed by atoms with Crippen LogP contribution in [-0.2, 0) is 14.6 Å². The molecule has 3 N–H and O–H groups in total. The Morgan fingerprint density at radius 2 is 1.75 bits per heavy atom. The Morgan fingerprint density at radius 1 is 1.31 bits per heavy atom. The van der Waals surface area contributed by atoms with E-state index in [0.717, 1.165) is 7.11 Å². The van der Waals surface area contributed by atoms with Crippen LogP contribution in [0.2, 0.25) is 0 Å². The second-order valence-corrected chi connectivity index (χ2v) is 3.61. The van der Waals surface area contributed by atoms with Gasteiger partial charge in [-0.1, -0.05) is 12.1 Å².